The van der Waals surface area contributed by atoms with Crippen molar-refractivity contribution in [3.63, 3.8) is 0 Å². The van der Waals surface area contributed by atoms with E-state index in [4.69, 9.17) is 4.74 Å². The van der Waals surface area contributed by atoms with Crippen LogP contribution < -0.4 is 15.4 Å². The summed E-state index contributed by atoms with van der Waals surface area (Å²) in [6.45, 7) is 5.15. The molecule has 1 atom stereocenters. The van der Waals surface area contributed by atoms with Gasteiger partial charge >= 0.3 is 0 Å². The molecule has 0 aliphatic carbocycles. The van der Waals surface area contributed by atoms with Crippen LogP contribution in [-0.2, 0) is 6.54 Å². The standard InChI is InChI=1S/C14H23N5O/c1-11-8-16-14(18-11)17-9-12-4-5-15-10-13(12)20-7-6-19(2)3/h4-5,10-11H,6-9H2,1-3H3,(H2,16,17,18). The second kappa shape index (κ2) is 7.09. The molecule has 0 saturated carbocycles. The van der Waals surface area contributed by atoms with Crippen LogP contribution in [0.25, 0.3) is 0 Å². The Kier molecular flexibility index (Phi) is 5.17. The highest BCUT2D eigenvalue weighted by Crippen LogP contribution is 2.16. The maximum absolute atomic E-state index is 5.78. The van der Waals surface area contributed by atoms with Gasteiger partial charge < -0.3 is 20.3 Å². The largest absolute Gasteiger partial charge is 0.490 e. The first-order valence-corrected chi connectivity index (χ1v) is 6.90. The minimum Gasteiger partial charge on any atom is -0.490 e. The third-order valence-corrected chi connectivity index (χ3v) is 3.02. The third kappa shape index (κ3) is 4.38. The molecule has 0 aromatic carbocycles. The van der Waals surface area contributed by atoms with Crippen LogP contribution in [0.3, 0.4) is 0 Å². The molecule has 0 radical (unpaired) electrons. The fraction of sp³-hybridized carbons (Fsp3) is 0.571. The van der Waals surface area contributed by atoms with Crippen molar-refractivity contribution in [2.75, 3.05) is 33.8 Å². The molecule has 1 aliphatic rings. The summed E-state index contributed by atoms with van der Waals surface area (Å²) in [5, 5.41) is 6.57. The van der Waals surface area contributed by atoms with Gasteiger partial charge in [0.1, 0.15) is 12.4 Å². The van der Waals surface area contributed by atoms with E-state index in [0.29, 0.717) is 19.2 Å². The minimum atomic E-state index is 0.408. The first-order chi connectivity index (χ1) is 9.65. The lowest BCUT2D eigenvalue weighted by Gasteiger charge is -2.14. The third-order valence-electron chi connectivity index (χ3n) is 3.02. The summed E-state index contributed by atoms with van der Waals surface area (Å²) in [6, 6.07) is 2.38. The Morgan fingerprint density at radius 3 is 3.05 bits per heavy atom. The van der Waals surface area contributed by atoms with E-state index >= 15 is 0 Å². The molecule has 1 aromatic rings. The zero-order chi connectivity index (χ0) is 14.4. The van der Waals surface area contributed by atoms with Crippen molar-refractivity contribution in [1.29, 1.82) is 0 Å². The van der Waals surface area contributed by atoms with E-state index in [9.17, 15) is 0 Å². The molecule has 6 heteroatoms. The second-order valence-electron chi connectivity index (χ2n) is 5.22. The van der Waals surface area contributed by atoms with Gasteiger partial charge in [-0.3, -0.25) is 9.98 Å². The number of aromatic nitrogens is 1. The minimum absolute atomic E-state index is 0.408. The lowest BCUT2D eigenvalue weighted by molar-refractivity contribution is 0.258. The highest BCUT2D eigenvalue weighted by Gasteiger charge is 2.12. The molecular formula is C14H23N5O. The molecule has 0 spiro atoms. The van der Waals surface area contributed by atoms with Crippen molar-refractivity contribution < 1.29 is 4.74 Å². The summed E-state index contributed by atoms with van der Waals surface area (Å²) < 4.78 is 5.78. The number of rotatable bonds is 6. The van der Waals surface area contributed by atoms with Crippen LogP contribution in [0.15, 0.2) is 23.5 Å². The van der Waals surface area contributed by atoms with Crippen LogP contribution in [0.5, 0.6) is 5.75 Å². The smallest absolute Gasteiger partial charge is 0.191 e. The summed E-state index contributed by atoms with van der Waals surface area (Å²) >= 11 is 0. The Hall–Kier alpha value is -1.82. The monoisotopic (exact) mass is 277 g/mol. The number of likely N-dealkylation sites (N-methyl/N-ethyl adjacent to an activating group) is 1. The molecule has 0 saturated heterocycles. The normalized spacial score (nSPS) is 17.8. The predicted octanol–water partition coefficient (Wildman–Crippen LogP) is 0.459. The number of guanidine groups is 1. The first-order valence-electron chi connectivity index (χ1n) is 6.90. The highest BCUT2D eigenvalue weighted by molar-refractivity contribution is 5.81. The summed E-state index contributed by atoms with van der Waals surface area (Å²) in [7, 11) is 4.06. The average molecular weight is 277 g/mol. The molecule has 1 aromatic heterocycles. The molecule has 2 rings (SSSR count). The number of hydrogen-bond donors (Lipinski definition) is 2. The van der Waals surface area contributed by atoms with E-state index < -0.39 is 0 Å². The lowest BCUT2D eigenvalue weighted by Crippen LogP contribution is -2.37. The number of nitrogens with one attached hydrogen (secondary N) is 2. The molecule has 1 aliphatic heterocycles. The van der Waals surface area contributed by atoms with E-state index in [2.05, 4.69) is 32.4 Å². The first kappa shape index (κ1) is 14.6. The molecule has 2 N–H and O–H groups in total. The fourth-order valence-corrected chi connectivity index (χ4v) is 1.86. The van der Waals surface area contributed by atoms with E-state index in [0.717, 1.165) is 30.4 Å². The number of aliphatic imine (C=N–C) groups is 1. The maximum atomic E-state index is 5.78. The van der Waals surface area contributed by atoms with Gasteiger partial charge in [0.15, 0.2) is 5.96 Å². The molecule has 20 heavy (non-hydrogen) atoms. The Balaban J connectivity index is 1.87. The summed E-state index contributed by atoms with van der Waals surface area (Å²) in [5.41, 5.74) is 1.09. The van der Waals surface area contributed by atoms with Gasteiger partial charge in [-0.25, -0.2) is 0 Å². The van der Waals surface area contributed by atoms with Crippen molar-refractivity contribution in [3.05, 3.63) is 24.0 Å². The Labute approximate surface area is 120 Å². The van der Waals surface area contributed by atoms with Crippen LogP contribution in [0.2, 0.25) is 0 Å². The van der Waals surface area contributed by atoms with Crippen molar-refractivity contribution in [1.82, 2.24) is 20.5 Å². The van der Waals surface area contributed by atoms with Gasteiger partial charge in [0.05, 0.1) is 12.7 Å². The molecular weight excluding hydrogens is 254 g/mol. The van der Waals surface area contributed by atoms with Gasteiger partial charge in [0, 0.05) is 30.9 Å². The molecule has 110 valence electrons. The van der Waals surface area contributed by atoms with Gasteiger partial charge in [0.25, 0.3) is 0 Å². The second-order valence-corrected chi connectivity index (χ2v) is 5.22. The lowest BCUT2D eigenvalue weighted by atomic mass is 10.2. The van der Waals surface area contributed by atoms with Gasteiger partial charge in [0.2, 0.25) is 0 Å². The Morgan fingerprint density at radius 1 is 1.50 bits per heavy atom. The zero-order valence-electron chi connectivity index (χ0n) is 12.4. The van der Waals surface area contributed by atoms with Crippen LogP contribution in [0, 0.1) is 0 Å². The average Bonchev–Trinajstić information content (AvgIpc) is 2.83. The van der Waals surface area contributed by atoms with Crippen LogP contribution >= 0.6 is 0 Å². The highest BCUT2D eigenvalue weighted by atomic mass is 16.5. The van der Waals surface area contributed by atoms with Gasteiger partial charge in [-0.2, -0.15) is 0 Å². The van der Waals surface area contributed by atoms with Gasteiger partial charge in [-0.1, -0.05) is 0 Å². The van der Waals surface area contributed by atoms with Crippen molar-refractivity contribution in [3.8, 4) is 5.75 Å². The zero-order valence-corrected chi connectivity index (χ0v) is 12.4. The van der Waals surface area contributed by atoms with Gasteiger partial charge in [-0.05, 0) is 27.1 Å². The number of ether oxygens (including phenoxy) is 1. The molecule has 1 unspecified atom stereocenters. The topological polar surface area (TPSA) is 61.8 Å². The van der Waals surface area contributed by atoms with Crippen LogP contribution in [0.4, 0.5) is 0 Å². The molecule has 0 amide bonds. The quantitative estimate of drug-likeness (QED) is 0.791. The number of nitrogens with zero attached hydrogens (tertiary/aromatic N) is 3. The summed E-state index contributed by atoms with van der Waals surface area (Å²) in [6.07, 6.45) is 3.54. The SMILES string of the molecule is CC1CN=C(NCc2ccncc2OCCN(C)C)N1. The van der Waals surface area contributed by atoms with Crippen LogP contribution in [-0.4, -0.2) is 55.7 Å². The molecule has 0 bridgehead atoms. The van der Waals surface area contributed by atoms with Crippen LogP contribution in [0.1, 0.15) is 12.5 Å². The fourth-order valence-electron chi connectivity index (χ4n) is 1.86. The maximum Gasteiger partial charge on any atom is 0.191 e. The van der Waals surface area contributed by atoms with E-state index in [1.165, 1.54) is 0 Å². The Morgan fingerprint density at radius 2 is 2.35 bits per heavy atom. The van der Waals surface area contributed by atoms with E-state index in [1.54, 1.807) is 12.4 Å². The van der Waals surface area contributed by atoms with Crippen molar-refractivity contribution >= 4 is 5.96 Å². The summed E-state index contributed by atoms with van der Waals surface area (Å²) in [4.78, 5) is 10.6. The van der Waals surface area contributed by atoms with Crippen molar-refractivity contribution in [2.45, 2.75) is 19.5 Å². The van der Waals surface area contributed by atoms with E-state index in [1.807, 2.05) is 20.2 Å². The number of hydrogen-bond acceptors (Lipinski definition) is 6. The number of pyridine rings is 1. The Bertz CT molecular complexity index is 461. The van der Waals surface area contributed by atoms with Gasteiger partial charge in [-0.15, -0.1) is 0 Å². The van der Waals surface area contributed by atoms with Crippen molar-refractivity contribution in [2.24, 2.45) is 4.99 Å². The van der Waals surface area contributed by atoms with E-state index in [-0.39, 0.29) is 0 Å². The molecule has 6 nitrogen and oxygen atoms in total. The summed E-state index contributed by atoms with van der Waals surface area (Å²) in [5.74, 6) is 1.68. The molecule has 2 heterocycles. The predicted molar refractivity (Wildman–Crippen MR) is 80.0 cm³/mol. The molecule has 0 fully saturated rings.